The molecule has 2 rings (SSSR count). The fourth-order valence-electron chi connectivity index (χ4n) is 1.41. The van der Waals surface area contributed by atoms with E-state index in [9.17, 15) is 4.79 Å². The Morgan fingerprint density at radius 1 is 1.31 bits per heavy atom. The number of carbonyl (C=O) groups is 1. The van der Waals surface area contributed by atoms with E-state index in [1.807, 2.05) is 6.07 Å². The van der Waals surface area contributed by atoms with Crippen LogP contribution < -0.4 is 0 Å². The van der Waals surface area contributed by atoms with Crippen molar-refractivity contribution in [2.45, 2.75) is 33.1 Å². The molecule has 0 aliphatic rings. The number of hydrogen-bond acceptors (Lipinski definition) is 3. The Labute approximate surface area is 94.3 Å². The van der Waals surface area contributed by atoms with E-state index in [1.54, 1.807) is 23.7 Å². The minimum absolute atomic E-state index is 0.0368. The lowest BCUT2D eigenvalue weighted by Gasteiger charge is -2.11. The number of hydrogen-bond donors (Lipinski definition) is 0. The average Bonchev–Trinajstić information content (AvgIpc) is 2.58. The first-order chi connectivity index (χ1) is 7.38. The number of Topliss-reactive ketones (excluding diaryl/α,β-unsaturated/α-hetero) is 1. The zero-order chi connectivity index (χ0) is 11.9. The molecule has 0 aliphatic heterocycles. The molecule has 0 saturated carbocycles. The maximum Gasteiger partial charge on any atom is 0.161 e. The summed E-state index contributed by atoms with van der Waals surface area (Å²) in [7, 11) is 0. The van der Waals surface area contributed by atoms with Crippen LogP contribution in [0.3, 0.4) is 0 Å². The third-order valence-corrected chi connectivity index (χ3v) is 2.41. The van der Waals surface area contributed by atoms with Gasteiger partial charge in [-0.25, -0.2) is 9.50 Å². The average molecular weight is 217 g/mol. The summed E-state index contributed by atoms with van der Waals surface area (Å²) in [5.74, 6) is 0.822. The fourth-order valence-corrected chi connectivity index (χ4v) is 1.41. The molecular weight excluding hydrogens is 202 g/mol. The summed E-state index contributed by atoms with van der Waals surface area (Å²) in [6, 6.07) is 3.60. The first-order valence-corrected chi connectivity index (χ1v) is 5.26. The number of fused-ring (bicyclic) bond motifs is 1. The third-order valence-electron chi connectivity index (χ3n) is 2.41. The van der Waals surface area contributed by atoms with Crippen molar-refractivity contribution in [2.75, 3.05) is 0 Å². The van der Waals surface area contributed by atoms with Crippen LogP contribution in [0.25, 0.3) is 5.65 Å². The molecular formula is C12H15N3O. The van der Waals surface area contributed by atoms with E-state index in [4.69, 9.17) is 0 Å². The molecule has 0 aromatic carbocycles. The van der Waals surface area contributed by atoms with E-state index in [-0.39, 0.29) is 11.2 Å². The highest BCUT2D eigenvalue weighted by Crippen LogP contribution is 2.19. The highest BCUT2D eigenvalue weighted by atomic mass is 16.1. The maximum atomic E-state index is 11.2. The van der Waals surface area contributed by atoms with Crippen molar-refractivity contribution < 1.29 is 4.79 Å². The highest BCUT2D eigenvalue weighted by molar-refractivity contribution is 5.93. The molecule has 0 atom stereocenters. The van der Waals surface area contributed by atoms with Gasteiger partial charge in [-0.1, -0.05) is 20.8 Å². The Morgan fingerprint density at radius 2 is 2.00 bits per heavy atom. The Morgan fingerprint density at radius 3 is 2.56 bits per heavy atom. The highest BCUT2D eigenvalue weighted by Gasteiger charge is 2.19. The normalized spacial score (nSPS) is 12.0. The minimum Gasteiger partial charge on any atom is -0.294 e. The largest absolute Gasteiger partial charge is 0.294 e. The Bertz CT molecular complexity index is 549. The first kappa shape index (κ1) is 10.8. The van der Waals surface area contributed by atoms with Crippen molar-refractivity contribution in [1.29, 1.82) is 0 Å². The Kier molecular flexibility index (Phi) is 2.30. The Hall–Kier alpha value is -1.71. The zero-order valence-corrected chi connectivity index (χ0v) is 9.98. The number of pyridine rings is 1. The van der Waals surface area contributed by atoms with Crippen LogP contribution in [0, 0.1) is 0 Å². The molecule has 84 valence electrons. The standard InChI is InChI=1S/C12H15N3O/c1-8(16)9-5-6-10-13-11(12(2,3)4)14-15(10)7-9/h5-7H,1-4H3. The van der Waals surface area contributed by atoms with Crippen molar-refractivity contribution in [3.63, 3.8) is 0 Å². The molecule has 2 aromatic heterocycles. The molecule has 2 aromatic rings. The second-order valence-corrected chi connectivity index (χ2v) is 4.96. The summed E-state index contributed by atoms with van der Waals surface area (Å²) >= 11 is 0. The van der Waals surface area contributed by atoms with Gasteiger partial charge in [0.15, 0.2) is 17.3 Å². The predicted molar refractivity (Wildman–Crippen MR) is 61.7 cm³/mol. The van der Waals surface area contributed by atoms with Gasteiger partial charge in [0.05, 0.1) is 0 Å². The SMILES string of the molecule is CC(=O)c1ccc2nc(C(C)(C)C)nn2c1. The molecule has 0 N–H and O–H groups in total. The van der Waals surface area contributed by atoms with Crippen LogP contribution >= 0.6 is 0 Å². The second kappa shape index (κ2) is 3.40. The van der Waals surface area contributed by atoms with Crippen LogP contribution in [0.1, 0.15) is 43.9 Å². The van der Waals surface area contributed by atoms with Crippen molar-refractivity contribution in [1.82, 2.24) is 14.6 Å². The van der Waals surface area contributed by atoms with Gasteiger partial charge in [0.1, 0.15) is 0 Å². The molecule has 0 spiro atoms. The molecule has 4 heteroatoms. The fraction of sp³-hybridized carbons (Fsp3) is 0.417. The lowest BCUT2D eigenvalue weighted by atomic mass is 9.96. The number of ketones is 1. The van der Waals surface area contributed by atoms with E-state index < -0.39 is 0 Å². The number of nitrogens with zero attached hydrogens (tertiary/aromatic N) is 3. The number of rotatable bonds is 1. The van der Waals surface area contributed by atoms with Gasteiger partial charge in [0, 0.05) is 17.2 Å². The lowest BCUT2D eigenvalue weighted by Crippen LogP contribution is -2.13. The van der Waals surface area contributed by atoms with Crippen molar-refractivity contribution in [2.24, 2.45) is 0 Å². The van der Waals surface area contributed by atoms with Gasteiger partial charge in [-0.15, -0.1) is 0 Å². The van der Waals surface area contributed by atoms with Crippen molar-refractivity contribution in [3.8, 4) is 0 Å². The van der Waals surface area contributed by atoms with Gasteiger partial charge in [0.25, 0.3) is 0 Å². The van der Waals surface area contributed by atoms with Crippen molar-refractivity contribution >= 4 is 11.4 Å². The molecule has 16 heavy (non-hydrogen) atoms. The van der Waals surface area contributed by atoms with Crippen LogP contribution in [0.2, 0.25) is 0 Å². The summed E-state index contributed by atoms with van der Waals surface area (Å²) in [5.41, 5.74) is 1.34. The van der Waals surface area contributed by atoms with Gasteiger partial charge in [0.2, 0.25) is 0 Å². The summed E-state index contributed by atoms with van der Waals surface area (Å²) < 4.78 is 1.66. The second-order valence-electron chi connectivity index (χ2n) is 4.96. The quantitative estimate of drug-likeness (QED) is 0.688. The Balaban J connectivity index is 2.59. The van der Waals surface area contributed by atoms with E-state index >= 15 is 0 Å². The zero-order valence-electron chi connectivity index (χ0n) is 9.98. The minimum atomic E-state index is -0.0809. The van der Waals surface area contributed by atoms with E-state index in [2.05, 4.69) is 30.9 Å². The van der Waals surface area contributed by atoms with Gasteiger partial charge in [-0.2, -0.15) is 5.10 Å². The van der Waals surface area contributed by atoms with Crippen LogP contribution in [0.4, 0.5) is 0 Å². The smallest absolute Gasteiger partial charge is 0.161 e. The van der Waals surface area contributed by atoms with Crippen LogP contribution in [0.15, 0.2) is 18.3 Å². The van der Waals surface area contributed by atoms with E-state index in [0.29, 0.717) is 5.56 Å². The first-order valence-electron chi connectivity index (χ1n) is 5.26. The van der Waals surface area contributed by atoms with Gasteiger partial charge in [-0.05, 0) is 19.1 Å². The number of carbonyl (C=O) groups excluding carboxylic acids is 1. The van der Waals surface area contributed by atoms with Crippen LogP contribution in [0.5, 0.6) is 0 Å². The molecule has 0 saturated heterocycles. The predicted octanol–water partition coefficient (Wildman–Crippen LogP) is 2.23. The summed E-state index contributed by atoms with van der Waals surface area (Å²) in [6.45, 7) is 7.73. The van der Waals surface area contributed by atoms with Gasteiger partial charge >= 0.3 is 0 Å². The van der Waals surface area contributed by atoms with Crippen LogP contribution in [-0.2, 0) is 5.41 Å². The van der Waals surface area contributed by atoms with Gasteiger partial charge < -0.3 is 0 Å². The molecule has 0 bridgehead atoms. The molecule has 2 heterocycles. The lowest BCUT2D eigenvalue weighted by molar-refractivity contribution is 0.101. The van der Waals surface area contributed by atoms with Crippen molar-refractivity contribution in [3.05, 3.63) is 29.7 Å². The molecule has 4 nitrogen and oxygen atoms in total. The third kappa shape index (κ3) is 1.83. The monoisotopic (exact) mass is 217 g/mol. The topological polar surface area (TPSA) is 47.3 Å². The molecule has 0 amide bonds. The van der Waals surface area contributed by atoms with Gasteiger partial charge in [-0.3, -0.25) is 4.79 Å². The summed E-state index contributed by atoms with van der Waals surface area (Å²) in [4.78, 5) is 15.7. The molecule has 0 aliphatic carbocycles. The molecule has 0 unspecified atom stereocenters. The molecule has 0 radical (unpaired) electrons. The summed E-state index contributed by atoms with van der Waals surface area (Å²) in [5, 5.41) is 4.38. The summed E-state index contributed by atoms with van der Waals surface area (Å²) in [6.07, 6.45) is 1.72. The van der Waals surface area contributed by atoms with Crippen LogP contribution in [-0.4, -0.2) is 20.4 Å². The molecule has 0 fully saturated rings. The van der Waals surface area contributed by atoms with E-state index in [1.165, 1.54) is 0 Å². The number of aromatic nitrogens is 3. The maximum absolute atomic E-state index is 11.2. The van der Waals surface area contributed by atoms with E-state index in [0.717, 1.165) is 11.5 Å².